The lowest BCUT2D eigenvalue weighted by atomic mass is 9.43. The monoisotopic (exact) mass is 416 g/mol. The Morgan fingerprint density at radius 2 is 1.80 bits per heavy atom. The molecule has 2 N–H and O–H groups in total. The summed E-state index contributed by atoms with van der Waals surface area (Å²) in [6.07, 6.45) is 9.86. The molecule has 168 valence electrons. The lowest BCUT2D eigenvalue weighted by molar-refractivity contribution is -0.150. The average molecular weight is 417 g/mol. The first-order chi connectivity index (χ1) is 14.1. The zero-order valence-electron chi connectivity index (χ0n) is 19.2. The van der Waals surface area contributed by atoms with Gasteiger partial charge in [-0.15, -0.1) is 0 Å². The maximum Gasteiger partial charge on any atom is 0.303 e. The van der Waals surface area contributed by atoms with Crippen molar-refractivity contribution in [3.8, 4) is 0 Å². The Bertz CT molecular complexity index is 741. The summed E-state index contributed by atoms with van der Waals surface area (Å²) in [5.41, 5.74) is 1.25. The van der Waals surface area contributed by atoms with Gasteiger partial charge in [-0.1, -0.05) is 26.8 Å². The summed E-state index contributed by atoms with van der Waals surface area (Å²) >= 11 is 0. The first-order valence-corrected chi connectivity index (χ1v) is 12.2. The van der Waals surface area contributed by atoms with Crippen LogP contribution in [0.1, 0.15) is 85.5 Å². The van der Waals surface area contributed by atoms with Gasteiger partial charge in [-0.3, -0.25) is 9.59 Å². The van der Waals surface area contributed by atoms with Gasteiger partial charge in [0.15, 0.2) is 5.78 Å². The molecule has 4 heteroatoms. The molecule has 0 amide bonds. The van der Waals surface area contributed by atoms with Gasteiger partial charge >= 0.3 is 5.97 Å². The van der Waals surface area contributed by atoms with E-state index in [1.54, 1.807) is 0 Å². The molecule has 4 saturated carbocycles. The smallest absolute Gasteiger partial charge is 0.303 e. The Kier molecular flexibility index (Phi) is 5.70. The highest BCUT2D eigenvalue weighted by Gasteiger charge is 2.64. The van der Waals surface area contributed by atoms with Crippen molar-refractivity contribution < 1.29 is 19.8 Å². The van der Waals surface area contributed by atoms with Crippen LogP contribution >= 0.6 is 0 Å². The highest BCUT2D eigenvalue weighted by atomic mass is 16.4. The Labute approximate surface area is 181 Å². The summed E-state index contributed by atoms with van der Waals surface area (Å²) < 4.78 is 0. The first kappa shape index (κ1) is 22.0. The lowest BCUT2D eigenvalue weighted by Gasteiger charge is -2.61. The van der Waals surface area contributed by atoms with Gasteiger partial charge in [0.05, 0.1) is 6.10 Å². The molecule has 0 saturated heterocycles. The number of hydrogen-bond donors (Lipinski definition) is 2. The SMILES string of the molecule is C/C=C1\C(=O)[C@H]2[C@@H]3CC[C@H]([C@H](C)CCC(=O)O)[C@@]3(C)CC[C@@H]2[C@@]2(C)CCC(O)CC12. The fraction of sp³-hybridized carbons (Fsp3) is 0.846. The Balaban J connectivity index is 1.64. The molecule has 0 heterocycles. The number of Topliss-reactive ketones (excluding diaryl/α,β-unsaturated/α-hetero) is 1. The van der Waals surface area contributed by atoms with Gasteiger partial charge in [-0.05, 0) is 104 Å². The van der Waals surface area contributed by atoms with Crippen molar-refractivity contribution in [3.63, 3.8) is 0 Å². The van der Waals surface area contributed by atoms with E-state index in [1.807, 2.05) is 13.0 Å². The quantitative estimate of drug-likeness (QED) is 0.614. The third kappa shape index (κ3) is 3.20. The predicted octanol–water partition coefficient (Wildman–Crippen LogP) is 5.24. The third-order valence-electron chi connectivity index (χ3n) is 10.3. The highest BCUT2D eigenvalue weighted by Crippen LogP contribution is 2.68. The number of carbonyl (C=O) groups is 2. The largest absolute Gasteiger partial charge is 0.481 e. The van der Waals surface area contributed by atoms with Gasteiger partial charge in [0.1, 0.15) is 0 Å². The molecule has 0 aromatic rings. The Morgan fingerprint density at radius 1 is 1.13 bits per heavy atom. The van der Waals surface area contributed by atoms with E-state index in [1.165, 1.54) is 0 Å². The number of carbonyl (C=O) groups excluding carboxylic acids is 1. The summed E-state index contributed by atoms with van der Waals surface area (Å²) in [6.45, 7) is 9.04. The standard InChI is InChI=1S/C26H40O4/c1-5-17-21-14-16(27)10-12-26(21,4)20-11-13-25(3)18(15(2)6-9-22(28)29)7-8-19(25)23(20)24(17)30/h5,15-16,18-21,23,27H,6-14H2,1-4H3,(H,28,29)/b17-5-/t15-,16?,18-,19+,20+,21?,23+,25-,26-/m1/s1. The highest BCUT2D eigenvalue weighted by molar-refractivity contribution is 5.99. The second-order valence-electron chi connectivity index (χ2n) is 11.5. The third-order valence-corrected chi connectivity index (χ3v) is 10.3. The van der Waals surface area contributed by atoms with E-state index >= 15 is 0 Å². The van der Waals surface area contributed by atoms with Crippen LogP contribution < -0.4 is 0 Å². The van der Waals surface area contributed by atoms with Crippen molar-refractivity contribution in [1.82, 2.24) is 0 Å². The molecule has 0 radical (unpaired) electrons. The maximum absolute atomic E-state index is 13.8. The second kappa shape index (κ2) is 7.76. The molecule has 0 spiro atoms. The zero-order chi connectivity index (χ0) is 21.8. The molecule has 4 aliphatic rings. The second-order valence-corrected chi connectivity index (χ2v) is 11.5. The number of rotatable bonds is 4. The van der Waals surface area contributed by atoms with Crippen LogP contribution in [0.5, 0.6) is 0 Å². The molecule has 9 atom stereocenters. The minimum absolute atomic E-state index is 0.114. The predicted molar refractivity (Wildman–Crippen MR) is 117 cm³/mol. The van der Waals surface area contributed by atoms with E-state index in [4.69, 9.17) is 5.11 Å². The summed E-state index contributed by atoms with van der Waals surface area (Å²) in [7, 11) is 0. The van der Waals surface area contributed by atoms with E-state index < -0.39 is 5.97 Å². The van der Waals surface area contributed by atoms with E-state index in [9.17, 15) is 14.7 Å². The number of ketones is 1. The van der Waals surface area contributed by atoms with E-state index in [0.29, 0.717) is 29.5 Å². The molecular formula is C26H40O4. The Morgan fingerprint density at radius 3 is 2.47 bits per heavy atom. The minimum atomic E-state index is -0.705. The molecule has 4 rings (SSSR count). The molecule has 30 heavy (non-hydrogen) atoms. The van der Waals surface area contributed by atoms with Crippen LogP contribution in [0.15, 0.2) is 11.6 Å². The van der Waals surface area contributed by atoms with Crippen molar-refractivity contribution in [2.75, 3.05) is 0 Å². The molecule has 0 aromatic carbocycles. The zero-order valence-corrected chi connectivity index (χ0v) is 19.2. The van der Waals surface area contributed by atoms with E-state index in [-0.39, 0.29) is 35.2 Å². The van der Waals surface area contributed by atoms with Gasteiger partial charge in [0.2, 0.25) is 0 Å². The molecule has 4 aliphatic carbocycles. The maximum atomic E-state index is 13.8. The first-order valence-electron chi connectivity index (χ1n) is 12.2. The van der Waals surface area contributed by atoms with Crippen LogP contribution in [0.25, 0.3) is 0 Å². The minimum Gasteiger partial charge on any atom is -0.481 e. The molecule has 0 bridgehead atoms. The van der Waals surface area contributed by atoms with Crippen LogP contribution in [0, 0.1) is 46.3 Å². The number of allylic oxidation sites excluding steroid dienone is 2. The average Bonchev–Trinajstić information content (AvgIpc) is 3.05. The van der Waals surface area contributed by atoms with Crippen LogP contribution in [-0.4, -0.2) is 28.1 Å². The van der Waals surface area contributed by atoms with Crippen molar-refractivity contribution in [2.24, 2.45) is 46.3 Å². The van der Waals surface area contributed by atoms with Gasteiger partial charge in [-0.25, -0.2) is 0 Å². The number of aliphatic hydroxyl groups excluding tert-OH is 1. The molecule has 0 aromatic heterocycles. The van der Waals surface area contributed by atoms with Crippen LogP contribution in [0.4, 0.5) is 0 Å². The molecule has 2 unspecified atom stereocenters. The summed E-state index contributed by atoms with van der Waals surface area (Å²) in [4.78, 5) is 24.9. The number of aliphatic hydroxyl groups is 1. The summed E-state index contributed by atoms with van der Waals surface area (Å²) in [5, 5.41) is 19.5. The fourth-order valence-corrected chi connectivity index (χ4v) is 8.72. The number of hydrogen-bond acceptors (Lipinski definition) is 3. The topological polar surface area (TPSA) is 74.6 Å². The lowest BCUT2D eigenvalue weighted by Crippen LogP contribution is -2.58. The van der Waals surface area contributed by atoms with Crippen molar-refractivity contribution in [3.05, 3.63) is 11.6 Å². The number of aliphatic carboxylic acids is 1. The normalized spacial score (nSPS) is 48.0. The molecule has 4 nitrogen and oxygen atoms in total. The van der Waals surface area contributed by atoms with Crippen LogP contribution in [0.2, 0.25) is 0 Å². The van der Waals surface area contributed by atoms with Gasteiger partial charge in [-0.2, -0.15) is 0 Å². The van der Waals surface area contributed by atoms with Crippen LogP contribution in [-0.2, 0) is 9.59 Å². The van der Waals surface area contributed by atoms with E-state index in [2.05, 4.69) is 20.8 Å². The summed E-state index contributed by atoms with van der Waals surface area (Å²) in [6, 6.07) is 0. The molecule has 0 aliphatic heterocycles. The van der Waals surface area contributed by atoms with Crippen molar-refractivity contribution in [1.29, 1.82) is 0 Å². The van der Waals surface area contributed by atoms with Gasteiger partial charge < -0.3 is 10.2 Å². The van der Waals surface area contributed by atoms with Gasteiger partial charge in [0, 0.05) is 12.3 Å². The Hall–Kier alpha value is -1.16. The van der Waals surface area contributed by atoms with Crippen molar-refractivity contribution in [2.45, 2.75) is 91.6 Å². The van der Waals surface area contributed by atoms with Crippen LogP contribution in [0.3, 0.4) is 0 Å². The molecular weight excluding hydrogens is 376 g/mol. The van der Waals surface area contributed by atoms with Crippen molar-refractivity contribution >= 4 is 11.8 Å². The molecule has 4 fully saturated rings. The number of carboxylic acid groups (broad SMARTS) is 1. The number of carboxylic acids is 1. The number of fused-ring (bicyclic) bond motifs is 5. The summed E-state index contributed by atoms with van der Waals surface area (Å²) in [5.74, 6) is 1.74. The van der Waals surface area contributed by atoms with E-state index in [0.717, 1.165) is 56.9 Å². The fourth-order valence-electron chi connectivity index (χ4n) is 8.72. The van der Waals surface area contributed by atoms with Gasteiger partial charge in [0.25, 0.3) is 0 Å².